The van der Waals surface area contributed by atoms with E-state index >= 15 is 0 Å². The molecule has 0 aromatic carbocycles. The van der Waals surface area contributed by atoms with E-state index in [4.69, 9.17) is 4.74 Å². The minimum atomic E-state index is -0.665. The number of ether oxygens (including phenoxy) is 1. The van der Waals surface area contributed by atoms with Crippen LogP contribution in [-0.2, 0) is 14.3 Å². The molecule has 0 heterocycles. The number of aliphatic hydroxyl groups excluding tert-OH is 2. The number of unbranched alkanes of at least 4 members (excludes halogenated alkanes) is 35. The summed E-state index contributed by atoms with van der Waals surface area (Å²) in [4.78, 5) is 24.4. The predicted octanol–water partition coefficient (Wildman–Crippen LogP) is 18.2. The molecule has 67 heavy (non-hydrogen) atoms. The van der Waals surface area contributed by atoms with Gasteiger partial charge in [-0.25, -0.2) is 0 Å². The first-order valence-corrected chi connectivity index (χ1v) is 29.4. The average Bonchev–Trinajstić information content (AvgIpc) is 3.33. The summed E-state index contributed by atoms with van der Waals surface area (Å²) in [7, 11) is 0. The number of carbonyl (C=O) groups excluding carboxylic acids is 2. The Morgan fingerprint density at radius 1 is 0.418 bits per heavy atom. The molecule has 2 unspecified atom stereocenters. The van der Waals surface area contributed by atoms with E-state index in [-0.39, 0.29) is 18.5 Å². The van der Waals surface area contributed by atoms with Crippen LogP contribution in [0.4, 0.5) is 0 Å². The zero-order valence-electron chi connectivity index (χ0n) is 44.6. The summed E-state index contributed by atoms with van der Waals surface area (Å²) in [5, 5.41) is 23.1. The molecule has 0 bridgehead atoms. The maximum Gasteiger partial charge on any atom is 0.305 e. The Labute approximate surface area is 416 Å². The Hall–Kier alpha value is -2.18. The first kappa shape index (κ1) is 64.8. The molecule has 0 saturated heterocycles. The number of hydrogen-bond acceptors (Lipinski definition) is 5. The van der Waals surface area contributed by atoms with Gasteiger partial charge in [0.2, 0.25) is 5.91 Å². The van der Waals surface area contributed by atoms with Crippen LogP contribution in [0.3, 0.4) is 0 Å². The lowest BCUT2D eigenvalue weighted by atomic mass is 10.0. The van der Waals surface area contributed by atoms with Crippen LogP contribution < -0.4 is 5.32 Å². The van der Waals surface area contributed by atoms with Crippen molar-refractivity contribution in [3.8, 4) is 0 Å². The molecule has 0 spiro atoms. The van der Waals surface area contributed by atoms with Crippen LogP contribution in [0.15, 0.2) is 48.6 Å². The van der Waals surface area contributed by atoms with Crippen molar-refractivity contribution in [1.82, 2.24) is 5.32 Å². The molecule has 2 atom stereocenters. The Balaban J connectivity index is 3.41. The summed E-state index contributed by atoms with van der Waals surface area (Å²) in [5.74, 6) is -0.0455. The fraction of sp³-hybridized carbons (Fsp3) is 0.836. The number of hydrogen-bond donors (Lipinski definition) is 3. The molecule has 1 amide bonds. The Bertz CT molecular complexity index is 1130. The molecule has 0 aliphatic carbocycles. The first-order chi connectivity index (χ1) is 33.0. The number of carbonyl (C=O) groups is 2. The van der Waals surface area contributed by atoms with Crippen molar-refractivity contribution in [3.63, 3.8) is 0 Å². The lowest BCUT2D eigenvalue weighted by Crippen LogP contribution is -2.45. The number of nitrogens with one attached hydrogen (secondary N) is 1. The number of aliphatic hydroxyl groups is 2. The van der Waals surface area contributed by atoms with Gasteiger partial charge in [-0.15, -0.1) is 0 Å². The zero-order chi connectivity index (χ0) is 48.6. The third-order valence-corrected chi connectivity index (χ3v) is 13.3. The molecule has 0 aliphatic rings. The lowest BCUT2D eigenvalue weighted by Gasteiger charge is -2.22. The van der Waals surface area contributed by atoms with Crippen molar-refractivity contribution in [2.24, 2.45) is 0 Å². The first-order valence-electron chi connectivity index (χ1n) is 29.4. The van der Waals surface area contributed by atoms with E-state index in [1.165, 1.54) is 212 Å². The standard InChI is InChI=1S/C61H113NO5/c1-3-5-7-9-11-13-15-31-35-39-43-47-51-55-61(66)67-56-52-48-44-40-36-33-30-28-26-24-22-20-18-16-17-19-21-23-25-27-29-32-34-38-42-46-50-54-60(65)62-58(57-63)59(64)53-49-45-41-37-14-12-10-8-6-4-2/h7,9,13,15-17,20,22,58-59,63-64H,3-6,8,10-12,14,18-19,21,23-57H2,1-2H3,(H,62,65)/b9-7-,15-13-,17-16-,22-20-. The van der Waals surface area contributed by atoms with Gasteiger partial charge in [-0.1, -0.05) is 255 Å². The fourth-order valence-electron chi connectivity index (χ4n) is 8.83. The molecule has 392 valence electrons. The third kappa shape index (κ3) is 53.0. The SMILES string of the molecule is CCC/C=C\C/C=C\CCCCCCCC(=O)OCCCCCCCCCCC/C=C\C/C=C\CCCCCCCCCCCCCC(=O)NC(CO)C(O)CCCCCCCCCCCC. The van der Waals surface area contributed by atoms with E-state index in [0.29, 0.717) is 25.9 Å². The van der Waals surface area contributed by atoms with Crippen molar-refractivity contribution in [2.45, 2.75) is 315 Å². The molecule has 3 N–H and O–H groups in total. The molecular formula is C61H113NO5. The Kier molecular flexibility index (Phi) is 54.6. The van der Waals surface area contributed by atoms with Gasteiger partial charge in [0.05, 0.1) is 25.4 Å². The van der Waals surface area contributed by atoms with Crippen molar-refractivity contribution in [1.29, 1.82) is 0 Å². The monoisotopic (exact) mass is 940 g/mol. The van der Waals surface area contributed by atoms with Crippen molar-refractivity contribution in [3.05, 3.63) is 48.6 Å². The van der Waals surface area contributed by atoms with Gasteiger partial charge in [-0.3, -0.25) is 9.59 Å². The van der Waals surface area contributed by atoms with Gasteiger partial charge in [0.25, 0.3) is 0 Å². The summed E-state index contributed by atoms with van der Waals surface area (Å²) in [6.45, 7) is 4.86. The molecule has 0 fully saturated rings. The van der Waals surface area contributed by atoms with Crippen LogP contribution in [-0.4, -0.2) is 47.4 Å². The lowest BCUT2D eigenvalue weighted by molar-refractivity contribution is -0.143. The Morgan fingerprint density at radius 2 is 0.776 bits per heavy atom. The minimum Gasteiger partial charge on any atom is -0.466 e. The number of allylic oxidation sites excluding steroid dienone is 8. The quantitative estimate of drug-likeness (QED) is 0.0321. The molecule has 0 aliphatic heterocycles. The molecule has 0 rings (SSSR count). The van der Waals surface area contributed by atoms with E-state index in [2.05, 4.69) is 67.8 Å². The van der Waals surface area contributed by atoms with Gasteiger partial charge in [0, 0.05) is 12.8 Å². The number of amides is 1. The summed E-state index contributed by atoms with van der Waals surface area (Å²) < 4.78 is 5.46. The third-order valence-electron chi connectivity index (χ3n) is 13.3. The van der Waals surface area contributed by atoms with Gasteiger partial charge in [-0.2, -0.15) is 0 Å². The molecule has 6 nitrogen and oxygen atoms in total. The average molecular weight is 941 g/mol. The minimum absolute atomic E-state index is 0.00537. The van der Waals surface area contributed by atoms with Crippen LogP contribution in [0.25, 0.3) is 0 Å². The second kappa shape index (κ2) is 56.4. The van der Waals surface area contributed by atoms with Gasteiger partial charge in [-0.05, 0) is 83.5 Å². The topological polar surface area (TPSA) is 95.9 Å². The Morgan fingerprint density at radius 3 is 1.19 bits per heavy atom. The molecule has 6 heteroatoms. The highest BCUT2D eigenvalue weighted by Crippen LogP contribution is 2.16. The molecule has 0 aromatic rings. The van der Waals surface area contributed by atoms with Crippen LogP contribution in [0.5, 0.6) is 0 Å². The number of esters is 1. The van der Waals surface area contributed by atoms with E-state index < -0.39 is 12.1 Å². The smallest absolute Gasteiger partial charge is 0.305 e. The van der Waals surface area contributed by atoms with Crippen LogP contribution in [0, 0.1) is 0 Å². The van der Waals surface area contributed by atoms with Gasteiger partial charge >= 0.3 is 5.97 Å². The van der Waals surface area contributed by atoms with E-state index in [1.54, 1.807) is 0 Å². The number of rotatable bonds is 54. The second-order valence-electron chi connectivity index (χ2n) is 20.0. The predicted molar refractivity (Wildman–Crippen MR) is 292 cm³/mol. The fourth-order valence-corrected chi connectivity index (χ4v) is 8.83. The summed E-state index contributed by atoms with van der Waals surface area (Å²) in [5.41, 5.74) is 0. The maximum atomic E-state index is 12.4. The van der Waals surface area contributed by atoms with Crippen molar-refractivity contribution in [2.75, 3.05) is 13.2 Å². The molecular weight excluding hydrogens is 827 g/mol. The molecule has 0 aromatic heterocycles. The van der Waals surface area contributed by atoms with E-state index in [9.17, 15) is 19.8 Å². The summed E-state index contributed by atoms with van der Waals surface area (Å²) >= 11 is 0. The largest absolute Gasteiger partial charge is 0.466 e. The van der Waals surface area contributed by atoms with E-state index in [1.807, 2.05) is 0 Å². The van der Waals surface area contributed by atoms with Gasteiger partial charge in [0.15, 0.2) is 0 Å². The normalized spacial score (nSPS) is 13.0. The van der Waals surface area contributed by atoms with Gasteiger partial charge in [0.1, 0.15) is 0 Å². The van der Waals surface area contributed by atoms with Crippen molar-refractivity contribution >= 4 is 11.9 Å². The molecule has 0 radical (unpaired) electrons. The zero-order valence-corrected chi connectivity index (χ0v) is 44.6. The molecule has 0 saturated carbocycles. The maximum absolute atomic E-state index is 12.4. The highest BCUT2D eigenvalue weighted by Gasteiger charge is 2.20. The summed E-state index contributed by atoms with van der Waals surface area (Å²) in [6, 6.07) is -0.543. The highest BCUT2D eigenvalue weighted by atomic mass is 16.5. The van der Waals surface area contributed by atoms with E-state index in [0.717, 1.165) is 57.8 Å². The second-order valence-corrected chi connectivity index (χ2v) is 20.0. The van der Waals surface area contributed by atoms with Crippen molar-refractivity contribution < 1.29 is 24.5 Å². The van der Waals surface area contributed by atoms with Crippen LogP contribution >= 0.6 is 0 Å². The van der Waals surface area contributed by atoms with Crippen LogP contribution in [0.1, 0.15) is 303 Å². The van der Waals surface area contributed by atoms with Gasteiger partial charge < -0.3 is 20.3 Å². The summed E-state index contributed by atoms with van der Waals surface area (Å²) in [6.07, 6.45) is 71.2. The highest BCUT2D eigenvalue weighted by molar-refractivity contribution is 5.76. The van der Waals surface area contributed by atoms with Crippen LogP contribution in [0.2, 0.25) is 0 Å².